The molecule has 0 unspecified atom stereocenters. The average Bonchev–Trinajstić information content (AvgIpc) is 2.71. The zero-order valence-corrected chi connectivity index (χ0v) is 17.1. The molecule has 31 heavy (non-hydrogen) atoms. The van der Waals surface area contributed by atoms with Gasteiger partial charge in [0.1, 0.15) is 48.8 Å². The van der Waals surface area contributed by atoms with Crippen LogP contribution in [0.5, 0.6) is 0 Å². The summed E-state index contributed by atoms with van der Waals surface area (Å²) in [5.74, 6) is 0. The van der Waals surface area contributed by atoms with E-state index in [-0.39, 0.29) is 13.2 Å². The molecule has 0 aromatic rings. The van der Waals surface area contributed by atoms with Crippen LogP contribution in [0.2, 0.25) is 0 Å². The smallest absolute Gasteiger partial charge is 0.394 e. The SMILES string of the molecule is NCCCO[C@@H]1O[C@H](CO)[C@@H](O[C@H]2O[C@H](CO)[C@H](O)[C@H](O)[C@H]2O)[C@H](OS(=O)(=O)O)[C@H]1O. The summed E-state index contributed by atoms with van der Waals surface area (Å²) in [6, 6.07) is 0. The Bertz CT molecular complexity index is 650. The van der Waals surface area contributed by atoms with Crippen molar-refractivity contribution in [2.75, 3.05) is 26.4 Å². The Morgan fingerprint density at radius 2 is 1.45 bits per heavy atom. The molecule has 0 aromatic heterocycles. The van der Waals surface area contributed by atoms with Crippen LogP contribution in [-0.2, 0) is 33.5 Å². The topological polar surface area (TPSA) is 248 Å². The number of aliphatic hydroxyl groups is 6. The van der Waals surface area contributed by atoms with Gasteiger partial charge in [0.2, 0.25) is 0 Å². The van der Waals surface area contributed by atoms with Crippen LogP contribution in [0.4, 0.5) is 0 Å². The van der Waals surface area contributed by atoms with Crippen LogP contribution >= 0.6 is 0 Å². The summed E-state index contributed by atoms with van der Waals surface area (Å²) in [6.45, 7) is -1.32. The number of rotatable bonds is 10. The first-order chi connectivity index (χ1) is 14.5. The second-order valence-corrected chi connectivity index (χ2v) is 8.06. The Kier molecular flexibility index (Phi) is 9.92. The highest BCUT2D eigenvalue weighted by atomic mass is 32.3. The molecule has 2 aliphatic rings. The first-order valence-corrected chi connectivity index (χ1v) is 10.8. The van der Waals surface area contributed by atoms with Crippen LogP contribution in [0.25, 0.3) is 0 Å². The van der Waals surface area contributed by atoms with Gasteiger partial charge in [0.25, 0.3) is 0 Å². The van der Waals surface area contributed by atoms with Crippen molar-refractivity contribution in [2.45, 2.75) is 67.8 Å². The van der Waals surface area contributed by atoms with Gasteiger partial charge in [-0.25, -0.2) is 4.18 Å². The molecule has 2 aliphatic heterocycles. The summed E-state index contributed by atoms with van der Waals surface area (Å²) in [6.07, 6.45) is -16.5. The molecule has 184 valence electrons. The van der Waals surface area contributed by atoms with E-state index in [1.807, 2.05) is 0 Å². The third-order valence-corrected chi connectivity index (χ3v) is 5.26. The van der Waals surface area contributed by atoms with Gasteiger partial charge in [0, 0.05) is 0 Å². The predicted molar refractivity (Wildman–Crippen MR) is 96.4 cm³/mol. The van der Waals surface area contributed by atoms with Crippen molar-refractivity contribution >= 4 is 10.4 Å². The maximum Gasteiger partial charge on any atom is 0.397 e. The lowest BCUT2D eigenvalue weighted by Crippen LogP contribution is -2.65. The highest BCUT2D eigenvalue weighted by Gasteiger charge is 2.52. The predicted octanol–water partition coefficient (Wildman–Crippen LogP) is -5.20. The Balaban J connectivity index is 2.26. The summed E-state index contributed by atoms with van der Waals surface area (Å²) in [4.78, 5) is 0. The number of hydrogen-bond donors (Lipinski definition) is 8. The van der Waals surface area contributed by atoms with Crippen molar-refractivity contribution < 1.29 is 66.7 Å². The van der Waals surface area contributed by atoms with Crippen molar-refractivity contribution in [3.05, 3.63) is 0 Å². The molecule has 2 rings (SSSR count). The van der Waals surface area contributed by atoms with Crippen LogP contribution in [0.1, 0.15) is 6.42 Å². The van der Waals surface area contributed by atoms with E-state index < -0.39 is 85.0 Å². The molecule has 0 aliphatic carbocycles. The van der Waals surface area contributed by atoms with Gasteiger partial charge in [-0.15, -0.1) is 0 Å². The first-order valence-electron chi connectivity index (χ1n) is 9.41. The summed E-state index contributed by atoms with van der Waals surface area (Å²) in [7, 11) is -5.14. The molecule has 10 atom stereocenters. The zero-order valence-electron chi connectivity index (χ0n) is 16.3. The molecule has 2 fully saturated rings. The van der Waals surface area contributed by atoms with Gasteiger partial charge in [0.15, 0.2) is 12.6 Å². The fourth-order valence-corrected chi connectivity index (χ4v) is 3.71. The number of hydrogen-bond acceptors (Lipinski definition) is 14. The van der Waals surface area contributed by atoms with Gasteiger partial charge in [-0.3, -0.25) is 4.55 Å². The molecule has 0 saturated carbocycles. The Labute approximate surface area is 177 Å². The van der Waals surface area contributed by atoms with E-state index in [9.17, 15) is 39.1 Å². The summed E-state index contributed by atoms with van der Waals surface area (Å²) >= 11 is 0. The van der Waals surface area contributed by atoms with E-state index in [0.29, 0.717) is 6.42 Å². The molecule has 0 radical (unpaired) electrons. The lowest BCUT2D eigenvalue weighted by atomic mass is 9.97. The summed E-state index contributed by atoms with van der Waals surface area (Å²) < 4.78 is 57.5. The molecule has 0 bridgehead atoms. The minimum Gasteiger partial charge on any atom is -0.394 e. The molecular formula is C15H29NO14S. The Hall–Kier alpha value is -0.570. The summed E-state index contributed by atoms with van der Waals surface area (Å²) in [5, 5.41) is 59.3. The molecule has 9 N–H and O–H groups in total. The maximum atomic E-state index is 11.3. The van der Waals surface area contributed by atoms with Crippen molar-refractivity contribution in [1.29, 1.82) is 0 Å². The van der Waals surface area contributed by atoms with Crippen LogP contribution in [0, 0.1) is 0 Å². The lowest BCUT2D eigenvalue weighted by Gasteiger charge is -2.46. The van der Waals surface area contributed by atoms with Crippen LogP contribution in [-0.4, -0.2) is 131 Å². The zero-order chi connectivity index (χ0) is 23.3. The molecule has 15 nitrogen and oxygen atoms in total. The summed E-state index contributed by atoms with van der Waals surface area (Å²) in [5.41, 5.74) is 5.35. The molecule has 0 aromatic carbocycles. The van der Waals surface area contributed by atoms with Crippen LogP contribution in [0.15, 0.2) is 0 Å². The monoisotopic (exact) mass is 479 g/mol. The van der Waals surface area contributed by atoms with Crippen molar-refractivity contribution in [3.8, 4) is 0 Å². The molecule has 0 spiro atoms. The van der Waals surface area contributed by atoms with Crippen molar-refractivity contribution in [3.63, 3.8) is 0 Å². The fourth-order valence-electron chi connectivity index (χ4n) is 3.21. The molecule has 2 saturated heterocycles. The standard InChI is InChI=1S/C15H29NO14S/c16-2-1-3-26-14-11(22)13(30-31(23,24)25)12(7(5-18)28-14)29-15-10(21)9(20)8(19)6(4-17)27-15/h6-15,17-22H,1-5,16H2,(H,23,24,25)/t6-,7-,8+,9+,10-,11-,12-,13-,14-,15-/m1/s1. The van der Waals surface area contributed by atoms with Gasteiger partial charge in [0.05, 0.1) is 19.8 Å². The number of nitrogens with two attached hydrogens (primary N) is 1. The molecule has 2 heterocycles. The molecule has 0 amide bonds. The third kappa shape index (κ3) is 6.71. The average molecular weight is 479 g/mol. The van der Waals surface area contributed by atoms with Gasteiger partial charge < -0.3 is 55.3 Å². The highest BCUT2D eigenvalue weighted by molar-refractivity contribution is 7.80. The largest absolute Gasteiger partial charge is 0.397 e. The maximum absolute atomic E-state index is 11.3. The van der Waals surface area contributed by atoms with Crippen LogP contribution < -0.4 is 5.73 Å². The van der Waals surface area contributed by atoms with E-state index in [1.165, 1.54) is 0 Å². The highest BCUT2D eigenvalue weighted by Crippen LogP contribution is 2.31. The van der Waals surface area contributed by atoms with E-state index in [1.54, 1.807) is 0 Å². The van der Waals surface area contributed by atoms with E-state index >= 15 is 0 Å². The minimum absolute atomic E-state index is 0.00715. The molecular weight excluding hydrogens is 450 g/mol. The molecule has 16 heteroatoms. The quantitative estimate of drug-likeness (QED) is 0.108. The second-order valence-electron chi connectivity index (χ2n) is 7.02. The van der Waals surface area contributed by atoms with Gasteiger partial charge >= 0.3 is 10.4 Å². The van der Waals surface area contributed by atoms with Crippen LogP contribution in [0.3, 0.4) is 0 Å². The third-order valence-electron chi connectivity index (χ3n) is 4.80. The van der Waals surface area contributed by atoms with Gasteiger partial charge in [-0.05, 0) is 13.0 Å². The number of aliphatic hydroxyl groups excluding tert-OH is 6. The van der Waals surface area contributed by atoms with Crippen molar-refractivity contribution in [1.82, 2.24) is 0 Å². The van der Waals surface area contributed by atoms with E-state index in [2.05, 4.69) is 4.18 Å². The fraction of sp³-hybridized carbons (Fsp3) is 1.00. The lowest BCUT2D eigenvalue weighted by molar-refractivity contribution is -0.356. The van der Waals surface area contributed by atoms with Gasteiger partial charge in [-0.2, -0.15) is 8.42 Å². The second kappa shape index (κ2) is 11.5. The minimum atomic E-state index is -5.14. The van der Waals surface area contributed by atoms with Crippen molar-refractivity contribution in [2.24, 2.45) is 5.73 Å². The van der Waals surface area contributed by atoms with E-state index in [4.69, 9.17) is 29.2 Å². The normalized spacial score (nSPS) is 41.9. The number of ether oxygens (including phenoxy) is 4. The first kappa shape index (κ1) is 26.7. The Morgan fingerprint density at radius 3 is 2.00 bits per heavy atom. The van der Waals surface area contributed by atoms with E-state index in [0.717, 1.165) is 0 Å². The Morgan fingerprint density at radius 1 is 0.839 bits per heavy atom. The van der Waals surface area contributed by atoms with Gasteiger partial charge in [-0.1, -0.05) is 0 Å².